The first-order chi connectivity index (χ1) is 5.52. The zero-order valence-electron chi connectivity index (χ0n) is 6.31. The van der Waals surface area contributed by atoms with Gasteiger partial charge in [0.05, 0.1) is 5.56 Å². The van der Waals surface area contributed by atoms with Gasteiger partial charge in [-0.3, -0.25) is 0 Å². The Kier molecular flexibility index (Phi) is 2.47. The first kappa shape index (κ1) is 9.19. The second kappa shape index (κ2) is 3.23. The minimum atomic E-state index is -2.61. The molecule has 0 aliphatic heterocycles. The normalized spacial score (nSPS) is 10.8. The van der Waals surface area contributed by atoms with Crippen LogP contribution in [0.3, 0.4) is 0 Å². The molecular weight excluding hydrogens is 186 g/mol. The van der Waals surface area contributed by atoms with Crippen LogP contribution in [0.2, 0.25) is 5.15 Å². The van der Waals surface area contributed by atoms with E-state index in [-0.39, 0.29) is 16.5 Å². The third-order valence-electron chi connectivity index (χ3n) is 1.46. The molecule has 1 aromatic rings. The van der Waals surface area contributed by atoms with Gasteiger partial charge in [-0.2, -0.15) is 0 Å². The van der Waals surface area contributed by atoms with Crippen molar-refractivity contribution < 1.29 is 8.78 Å². The van der Waals surface area contributed by atoms with Crippen molar-refractivity contribution in [2.45, 2.75) is 13.3 Å². The van der Waals surface area contributed by atoms with Crippen LogP contribution in [0.5, 0.6) is 0 Å². The highest BCUT2D eigenvalue weighted by Gasteiger charge is 2.16. The van der Waals surface area contributed by atoms with Gasteiger partial charge in [0.1, 0.15) is 11.0 Å². The van der Waals surface area contributed by atoms with Crippen LogP contribution < -0.4 is 5.73 Å². The number of anilines is 1. The summed E-state index contributed by atoms with van der Waals surface area (Å²) in [7, 11) is 0. The molecule has 12 heavy (non-hydrogen) atoms. The van der Waals surface area contributed by atoms with E-state index in [0.717, 1.165) is 0 Å². The summed E-state index contributed by atoms with van der Waals surface area (Å²) in [5, 5.41) is -0.220. The molecule has 0 radical (unpaired) electrons. The van der Waals surface area contributed by atoms with Crippen molar-refractivity contribution in [1.29, 1.82) is 0 Å². The van der Waals surface area contributed by atoms with Crippen LogP contribution in [-0.4, -0.2) is 4.98 Å². The zero-order valence-corrected chi connectivity index (χ0v) is 7.07. The predicted octanol–water partition coefficient (Wildman–Crippen LogP) is 2.56. The third-order valence-corrected chi connectivity index (χ3v) is 1.75. The van der Waals surface area contributed by atoms with Gasteiger partial charge in [-0.1, -0.05) is 11.6 Å². The highest BCUT2D eigenvalue weighted by Crippen LogP contribution is 2.29. The molecule has 1 heterocycles. The summed E-state index contributed by atoms with van der Waals surface area (Å²) in [6.45, 7) is 1.52. The Balaban J connectivity index is 3.28. The molecule has 0 unspecified atom stereocenters. The van der Waals surface area contributed by atoms with Crippen molar-refractivity contribution >= 4 is 17.4 Å². The van der Waals surface area contributed by atoms with Gasteiger partial charge in [0, 0.05) is 0 Å². The number of halogens is 3. The van der Waals surface area contributed by atoms with E-state index in [9.17, 15) is 8.78 Å². The standard InChI is InChI=1S/C7H7ClF2N2/c1-3-2-4(11)12-6(8)5(3)7(9)10/h2,7H,1H3,(H2,11,12). The van der Waals surface area contributed by atoms with E-state index in [1.54, 1.807) is 0 Å². The number of rotatable bonds is 1. The minimum absolute atomic E-state index is 0.155. The summed E-state index contributed by atoms with van der Waals surface area (Å²) >= 11 is 5.46. The monoisotopic (exact) mass is 192 g/mol. The fourth-order valence-electron chi connectivity index (χ4n) is 0.930. The molecule has 0 atom stereocenters. The molecule has 0 amide bonds. The quantitative estimate of drug-likeness (QED) is 0.695. The average Bonchev–Trinajstić information content (AvgIpc) is 1.82. The van der Waals surface area contributed by atoms with Crippen LogP contribution in [0.1, 0.15) is 17.6 Å². The summed E-state index contributed by atoms with van der Waals surface area (Å²) in [5.41, 5.74) is 5.41. The summed E-state index contributed by atoms with van der Waals surface area (Å²) < 4.78 is 24.5. The Morgan fingerprint density at radius 2 is 2.17 bits per heavy atom. The van der Waals surface area contributed by atoms with E-state index < -0.39 is 6.43 Å². The highest BCUT2D eigenvalue weighted by atomic mass is 35.5. The molecule has 0 fully saturated rings. The smallest absolute Gasteiger partial charge is 0.267 e. The molecule has 0 aliphatic carbocycles. The van der Waals surface area contributed by atoms with Crippen LogP contribution in [0, 0.1) is 6.92 Å². The SMILES string of the molecule is Cc1cc(N)nc(Cl)c1C(F)F. The maximum absolute atomic E-state index is 12.3. The number of nitrogens with two attached hydrogens (primary N) is 1. The molecule has 0 aromatic carbocycles. The highest BCUT2D eigenvalue weighted by molar-refractivity contribution is 6.30. The van der Waals surface area contributed by atoms with Gasteiger partial charge in [0.25, 0.3) is 6.43 Å². The zero-order chi connectivity index (χ0) is 9.30. The Labute approximate surface area is 73.4 Å². The second-order valence-electron chi connectivity index (χ2n) is 2.37. The van der Waals surface area contributed by atoms with Crippen LogP contribution in [0.25, 0.3) is 0 Å². The molecule has 0 spiro atoms. The molecule has 0 saturated heterocycles. The number of hydrogen-bond donors (Lipinski definition) is 1. The largest absolute Gasteiger partial charge is 0.384 e. The lowest BCUT2D eigenvalue weighted by atomic mass is 10.1. The van der Waals surface area contributed by atoms with Gasteiger partial charge < -0.3 is 5.73 Å². The fourth-order valence-corrected chi connectivity index (χ4v) is 1.26. The molecule has 0 aliphatic rings. The lowest BCUT2D eigenvalue weighted by molar-refractivity contribution is 0.150. The van der Waals surface area contributed by atoms with E-state index in [2.05, 4.69) is 4.98 Å². The van der Waals surface area contributed by atoms with Crippen molar-refractivity contribution in [3.8, 4) is 0 Å². The summed E-state index contributed by atoms with van der Waals surface area (Å²) in [6, 6.07) is 1.37. The maximum atomic E-state index is 12.3. The van der Waals surface area contributed by atoms with Gasteiger partial charge in [0.15, 0.2) is 0 Å². The number of nitrogen functional groups attached to an aromatic ring is 1. The maximum Gasteiger partial charge on any atom is 0.267 e. The molecule has 2 N–H and O–H groups in total. The van der Waals surface area contributed by atoms with Gasteiger partial charge >= 0.3 is 0 Å². The van der Waals surface area contributed by atoms with Crippen molar-refractivity contribution in [3.63, 3.8) is 0 Å². The molecule has 66 valence electrons. The van der Waals surface area contributed by atoms with Crippen molar-refractivity contribution in [3.05, 3.63) is 22.3 Å². The molecule has 0 bridgehead atoms. The Bertz CT molecular complexity index is 278. The van der Waals surface area contributed by atoms with Crippen LogP contribution >= 0.6 is 11.6 Å². The van der Waals surface area contributed by atoms with Crippen LogP contribution in [0.15, 0.2) is 6.07 Å². The number of nitrogens with zero attached hydrogens (tertiary/aromatic N) is 1. The van der Waals surface area contributed by atoms with Crippen LogP contribution in [0.4, 0.5) is 14.6 Å². The van der Waals surface area contributed by atoms with E-state index >= 15 is 0 Å². The molecule has 1 rings (SSSR count). The van der Waals surface area contributed by atoms with Gasteiger partial charge in [-0.25, -0.2) is 13.8 Å². The number of pyridine rings is 1. The Morgan fingerprint density at radius 3 is 2.58 bits per heavy atom. The van der Waals surface area contributed by atoms with Crippen molar-refractivity contribution in [2.24, 2.45) is 0 Å². The lowest BCUT2D eigenvalue weighted by Crippen LogP contribution is -1.98. The summed E-state index contributed by atoms with van der Waals surface area (Å²) in [5.74, 6) is 0.155. The number of hydrogen-bond acceptors (Lipinski definition) is 2. The first-order valence-electron chi connectivity index (χ1n) is 3.23. The first-order valence-corrected chi connectivity index (χ1v) is 3.61. The number of alkyl halides is 2. The van der Waals surface area contributed by atoms with Crippen molar-refractivity contribution in [1.82, 2.24) is 4.98 Å². The molecular formula is C7H7ClF2N2. The van der Waals surface area contributed by atoms with Crippen molar-refractivity contribution in [2.75, 3.05) is 5.73 Å². The van der Waals surface area contributed by atoms with Gasteiger partial charge in [-0.05, 0) is 18.6 Å². The average molecular weight is 193 g/mol. The van der Waals surface area contributed by atoms with E-state index in [1.165, 1.54) is 13.0 Å². The summed E-state index contributed by atoms with van der Waals surface area (Å²) in [4.78, 5) is 3.52. The minimum Gasteiger partial charge on any atom is -0.384 e. The third kappa shape index (κ3) is 1.64. The van der Waals surface area contributed by atoms with E-state index in [0.29, 0.717) is 5.56 Å². The molecule has 2 nitrogen and oxygen atoms in total. The van der Waals surface area contributed by atoms with E-state index in [4.69, 9.17) is 17.3 Å². The molecule has 5 heteroatoms. The molecule has 1 aromatic heterocycles. The number of aryl methyl sites for hydroxylation is 1. The predicted molar refractivity (Wildman–Crippen MR) is 43.4 cm³/mol. The summed E-state index contributed by atoms with van der Waals surface area (Å²) in [6.07, 6.45) is -2.61. The Morgan fingerprint density at radius 1 is 1.58 bits per heavy atom. The van der Waals surface area contributed by atoms with E-state index in [1.807, 2.05) is 0 Å². The fraction of sp³-hybridized carbons (Fsp3) is 0.286. The molecule has 0 saturated carbocycles. The van der Waals surface area contributed by atoms with Crippen LogP contribution in [-0.2, 0) is 0 Å². The Hall–Kier alpha value is -0.900. The topological polar surface area (TPSA) is 38.9 Å². The second-order valence-corrected chi connectivity index (χ2v) is 2.73. The lowest BCUT2D eigenvalue weighted by Gasteiger charge is -2.06. The van der Waals surface area contributed by atoms with Gasteiger partial charge in [-0.15, -0.1) is 0 Å². The number of aromatic nitrogens is 1. The van der Waals surface area contributed by atoms with Gasteiger partial charge in [0.2, 0.25) is 0 Å².